The van der Waals surface area contributed by atoms with E-state index in [0.29, 0.717) is 24.2 Å². The van der Waals surface area contributed by atoms with Crippen LogP contribution in [-0.4, -0.2) is 36.4 Å². The minimum atomic E-state index is -0.900. The van der Waals surface area contributed by atoms with Crippen LogP contribution in [0.1, 0.15) is 18.4 Å². The average Bonchev–Trinajstić information content (AvgIpc) is 2.61. The summed E-state index contributed by atoms with van der Waals surface area (Å²) in [5.74, 6) is 0. The number of carbonyl (C=O) groups is 1. The average molecular weight is 324 g/mol. The molecule has 1 aliphatic rings. The van der Waals surface area contributed by atoms with Crippen molar-refractivity contribution in [3.05, 3.63) is 42.0 Å². The van der Waals surface area contributed by atoms with Crippen LogP contribution in [0.15, 0.2) is 36.4 Å². The highest BCUT2D eigenvalue weighted by Crippen LogP contribution is 2.26. The molecular formula is C18H20N4O2. The summed E-state index contributed by atoms with van der Waals surface area (Å²) in [7, 11) is 0. The van der Waals surface area contributed by atoms with Crippen LogP contribution in [0.5, 0.6) is 0 Å². The molecule has 1 fully saturated rings. The Hall–Kier alpha value is -2.62. The van der Waals surface area contributed by atoms with Gasteiger partial charge in [0.15, 0.2) is 0 Å². The first kappa shape index (κ1) is 16.2. The van der Waals surface area contributed by atoms with Crippen molar-refractivity contribution < 1.29 is 9.90 Å². The number of hydrogen-bond acceptors (Lipinski definition) is 4. The largest absolute Gasteiger partial charge is 0.387 e. The van der Waals surface area contributed by atoms with Crippen LogP contribution < -0.4 is 16.0 Å². The summed E-state index contributed by atoms with van der Waals surface area (Å²) in [6.45, 7) is 1.57. The predicted octanol–water partition coefficient (Wildman–Crippen LogP) is 1.95. The Kier molecular flexibility index (Phi) is 4.65. The third-order valence-electron chi connectivity index (χ3n) is 4.32. The molecule has 0 saturated carbocycles. The van der Waals surface area contributed by atoms with E-state index in [-0.39, 0.29) is 12.6 Å². The molecule has 0 aliphatic carbocycles. The van der Waals surface area contributed by atoms with E-state index in [0.717, 1.165) is 23.7 Å². The van der Waals surface area contributed by atoms with Gasteiger partial charge in [0.05, 0.1) is 22.9 Å². The highest BCUT2D eigenvalue weighted by atomic mass is 16.3. The van der Waals surface area contributed by atoms with Gasteiger partial charge in [-0.05, 0) is 31.5 Å². The molecule has 6 heteroatoms. The second kappa shape index (κ2) is 6.87. The molecule has 1 saturated heterocycles. The van der Waals surface area contributed by atoms with E-state index in [1.165, 1.54) is 0 Å². The first-order valence-electron chi connectivity index (χ1n) is 8.01. The third-order valence-corrected chi connectivity index (χ3v) is 4.32. The van der Waals surface area contributed by atoms with Crippen LogP contribution >= 0.6 is 0 Å². The van der Waals surface area contributed by atoms with E-state index in [1.54, 1.807) is 12.1 Å². The maximum atomic E-state index is 12.2. The van der Waals surface area contributed by atoms with Crippen LogP contribution in [0.3, 0.4) is 0 Å². The maximum absolute atomic E-state index is 12.2. The van der Waals surface area contributed by atoms with Crippen molar-refractivity contribution >= 4 is 22.5 Å². The zero-order valence-corrected chi connectivity index (χ0v) is 13.3. The summed E-state index contributed by atoms with van der Waals surface area (Å²) in [4.78, 5) is 12.2. The number of aliphatic hydroxyl groups is 1. The van der Waals surface area contributed by atoms with Gasteiger partial charge in [0, 0.05) is 23.9 Å². The molecule has 0 aromatic heterocycles. The third kappa shape index (κ3) is 3.48. The number of fused-ring (bicyclic) bond motifs is 1. The fraction of sp³-hybridized carbons (Fsp3) is 0.333. The molecule has 1 heterocycles. The van der Waals surface area contributed by atoms with E-state index in [2.05, 4.69) is 22.0 Å². The van der Waals surface area contributed by atoms with Crippen molar-refractivity contribution in [2.24, 2.45) is 0 Å². The monoisotopic (exact) mass is 324 g/mol. The SMILES string of the molecule is N#Cc1ccc(NC(=O)NC[C@@]2(O)CCCNC2)c2ccccc12. The molecule has 0 radical (unpaired) electrons. The number of anilines is 1. The van der Waals surface area contributed by atoms with Gasteiger partial charge in [0.1, 0.15) is 0 Å². The number of nitrogens with zero attached hydrogens (tertiary/aromatic N) is 1. The molecule has 2 aromatic carbocycles. The Morgan fingerprint density at radius 2 is 2.08 bits per heavy atom. The normalized spacial score (nSPS) is 20.3. The van der Waals surface area contributed by atoms with Crippen molar-refractivity contribution in [2.45, 2.75) is 18.4 Å². The van der Waals surface area contributed by atoms with Gasteiger partial charge in [0.25, 0.3) is 0 Å². The van der Waals surface area contributed by atoms with E-state index >= 15 is 0 Å². The van der Waals surface area contributed by atoms with Crippen LogP contribution in [0.25, 0.3) is 10.8 Å². The molecule has 0 bridgehead atoms. The smallest absolute Gasteiger partial charge is 0.319 e. The van der Waals surface area contributed by atoms with E-state index in [9.17, 15) is 15.2 Å². The Bertz CT molecular complexity index is 791. The zero-order valence-electron chi connectivity index (χ0n) is 13.3. The molecule has 1 atom stereocenters. The van der Waals surface area contributed by atoms with Crippen molar-refractivity contribution in [3.8, 4) is 6.07 Å². The lowest BCUT2D eigenvalue weighted by molar-refractivity contribution is 0.0198. The molecule has 24 heavy (non-hydrogen) atoms. The second-order valence-electron chi connectivity index (χ2n) is 6.13. The van der Waals surface area contributed by atoms with Gasteiger partial charge in [0.2, 0.25) is 0 Å². The lowest BCUT2D eigenvalue weighted by Crippen LogP contribution is -2.53. The number of rotatable bonds is 3. The highest BCUT2D eigenvalue weighted by Gasteiger charge is 2.29. The van der Waals surface area contributed by atoms with Gasteiger partial charge in [-0.15, -0.1) is 0 Å². The summed E-state index contributed by atoms with van der Waals surface area (Å²) >= 11 is 0. The summed E-state index contributed by atoms with van der Waals surface area (Å²) in [6, 6.07) is 12.6. The second-order valence-corrected chi connectivity index (χ2v) is 6.13. The Balaban J connectivity index is 1.71. The summed E-state index contributed by atoms with van der Waals surface area (Å²) in [6.07, 6.45) is 1.56. The standard InChI is InChI=1S/C18H20N4O2/c19-10-13-6-7-16(15-5-2-1-4-14(13)15)22-17(23)21-12-18(24)8-3-9-20-11-18/h1-2,4-7,20,24H,3,8-9,11-12H2,(H2,21,22,23)/t18-/m1/s1. The number of hydrogen-bond donors (Lipinski definition) is 4. The molecule has 0 spiro atoms. The number of nitriles is 1. The lowest BCUT2D eigenvalue weighted by atomic mass is 9.94. The van der Waals surface area contributed by atoms with Crippen LogP contribution in [0.2, 0.25) is 0 Å². The maximum Gasteiger partial charge on any atom is 0.319 e. The summed E-state index contributed by atoms with van der Waals surface area (Å²) < 4.78 is 0. The fourth-order valence-corrected chi connectivity index (χ4v) is 3.02. The van der Waals surface area contributed by atoms with Crippen LogP contribution in [-0.2, 0) is 0 Å². The quantitative estimate of drug-likeness (QED) is 0.694. The Morgan fingerprint density at radius 1 is 1.29 bits per heavy atom. The molecule has 4 N–H and O–H groups in total. The van der Waals surface area contributed by atoms with Gasteiger partial charge >= 0.3 is 6.03 Å². The number of benzene rings is 2. The molecule has 2 aromatic rings. The van der Waals surface area contributed by atoms with Crippen molar-refractivity contribution in [1.29, 1.82) is 5.26 Å². The number of amides is 2. The number of carbonyl (C=O) groups excluding carboxylic acids is 1. The molecule has 1 aliphatic heterocycles. The first-order chi connectivity index (χ1) is 11.6. The summed E-state index contributed by atoms with van der Waals surface area (Å²) in [5.41, 5.74) is 0.303. The van der Waals surface area contributed by atoms with Gasteiger partial charge in [-0.3, -0.25) is 0 Å². The first-order valence-corrected chi connectivity index (χ1v) is 8.01. The minimum absolute atomic E-state index is 0.194. The predicted molar refractivity (Wildman–Crippen MR) is 92.7 cm³/mol. The number of urea groups is 1. The van der Waals surface area contributed by atoms with Crippen LogP contribution in [0.4, 0.5) is 10.5 Å². The lowest BCUT2D eigenvalue weighted by Gasteiger charge is -2.32. The van der Waals surface area contributed by atoms with Gasteiger partial charge < -0.3 is 21.1 Å². The zero-order chi connectivity index (χ0) is 17.0. The fourth-order valence-electron chi connectivity index (χ4n) is 3.02. The number of β-amino-alcohol motifs (C(OH)–C–C–N with tert-alkyl or cyclic N) is 1. The molecule has 3 rings (SSSR count). The van der Waals surface area contributed by atoms with E-state index < -0.39 is 5.60 Å². The molecular weight excluding hydrogens is 304 g/mol. The Labute approximate surface area is 140 Å². The molecule has 2 amide bonds. The summed E-state index contributed by atoms with van der Waals surface area (Å²) in [5, 5.41) is 29.8. The number of piperidine rings is 1. The molecule has 124 valence electrons. The van der Waals surface area contributed by atoms with Gasteiger partial charge in [-0.25, -0.2) is 4.79 Å². The van der Waals surface area contributed by atoms with Gasteiger partial charge in [-0.1, -0.05) is 24.3 Å². The molecule has 0 unspecified atom stereocenters. The highest BCUT2D eigenvalue weighted by molar-refractivity contribution is 6.03. The molecule has 6 nitrogen and oxygen atoms in total. The van der Waals surface area contributed by atoms with Crippen LogP contribution in [0, 0.1) is 11.3 Å². The van der Waals surface area contributed by atoms with E-state index in [4.69, 9.17) is 0 Å². The Morgan fingerprint density at radius 3 is 2.79 bits per heavy atom. The van der Waals surface area contributed by atoms with Crippen molar-refractivity contribution in [3.63, 3.8) is 0 Å². The number of nitrogens with one attached hydrogen (secondary N) is 3. The minimum Gasteiger partial charge on any atom is -0.387 e. The van der Waals surface area contributed by atoms with Crippen molar-refractivity contribution in [1.82, 2.24) is 10.6 Å². The van der Waals surface area contributed by atoms with Gasteiger partial charge in [-0.2, -0.15) is 5.26 Å². The topological polar surface area (TPSA) is 97.2 Å². The van der Waals surface area contributed by atoms with E-state index in [1.807, 2.05) is 24.3 Å². The van der Waals surface area contributed by atoms with Crippen molar-refractivity contribution in [2.75, 3.05) is 25.0 Å².